The van der Waals surface area contributed by atoms with Crippen molar-refractivity contribution >= 4 is 27.3 Å². The van der Waals surface area contributed by atoms with Gasteiger partial charge in [0.25, 0.3) is 0 Å². The number of hydrogen-bond acceptors (Lipinski definition) is 7. The fourth-order valence-electron chi connectivity index (χ4n) is 4.35. The standard InChI is InChI=1S/C23H34F3NO6S2/c1-15-12-16(14-34-15)8-9-17(28)10-11-19-18(20(29)13-21(19)30)6-4-2-3-5-7-22(31)27-35(32,33)23(24,25)26/h10-12,14,17-21,28-30H,2-9,13H2,1H3,(H,27,31)/b11-10+/t17-,18+,19+,20-,21+/m0/s1. The molecule has 35 heavy (non-hydrogen) atoms. The number of rotatable bonds is 13. The Morgan fingerprint density at radius 3 is 2.54 bits per heavy atom. The van der Waals surface area contributed by atoms with E-state index < -0.39 is 39.8 Å². The van der Waals surface area contributed by atoms with E-state index in [1.807, 2.05) is 6.92 Å². The topological polar surface area (TPSA) is 124 Å². The highest BCUT2D eigenvalue weighted by molar-refractivity contribution is 7.90. The number of unbranched alkanes of at least 4 members (excludes halogenated alkanes) is 3. The summed E-state index contributed by atoms with van der Waals surface area (Å²) in [5.74, 6) is -1.68. The summed E-state index contributed by atoms with van der Waals surface area (Å²) in [6.45, 7) is 2.03. The number of carbonyl (C=O) groups is 1. The lowest BCUT2D eigenvalue weighted by molar-refractivity contribution is -0.120. The molecule has 1 fully saturated rings. The van der Waals surface area contributed by atoms with Crippen molar-refractivity contribution in [2.24, 2.45) is 11.8 Å². The van der Waals surface area contributed by atoms with Crippen molar-refractivity contribution < 1.29 is 41.7 Å². The number of aliphatic hydroxyl groups is 3. The van der Waals surface area contributed by atoms with E-state index in [1.54, 1.807) is 23.5 Å². The maximum Gasteiger partial charge on any atom is 0.516 e. The Bertz CT molecular complexity index is 947. The first kappa shape index (κ1) is 29.8. The highest BCUT2D eigenvalue weighted by Gasteiger charge is 2.46. The van der Waals surface area contributed by atoms with E-state index in [9.17, 15) is 41.7 Å². The summed E-state index contributed by atoms with van der Waals surface area (Å²) < 4.78 is 59.6. The van der Waals surface area contributed by atoms with Gasteiger partial charge in [0, 0.05) is 23.6 Å². The molecule has 1 amide bonds. The van der Waals surface area contributed by atoms with Gasteiger partial charge in [0.1, 0.15) is 0 Å². The Balaban J connectivity index is 1.71. The molecule has 0 bridgehead atoms. The third kappa shape index (κ3) is 9.49. The molecule has 0 aromatic carbocycles. The van der Waals surface area contributed by atoms with Crippen LogP contribution in [-0.2, 0) is 21.2 Å². The van der Waals surface area contributed by atoms with Crippen LogP contribution in [0, 0.1) is 18.8 Å². The molecule has 5 atom stereocenters. The van der Waals surface area contributed by atoms with E-state index in [1.165, 1.54) is 10.4 Å². The Labute approximate surface area is 208 Å². The maximum absolute atomic E-state index is 12.3. The molecule has 4 N–H and O–H groups in total. The lowest BCUT2D eigenvalue weighted by atomic mass is 9.88. The van der Waals surface area contributed by atoms with Crippen LogP contribution < -0.4 is 4.72 Å². The van der Waals surface area contributed by atoms with E-state index in [0.717, 1.165) is 11.1 Å². The minimum Gasteiger partial charge on any atom is -0.393 e. The number of aliphatic hydroxyl groups excluding tert-OH is 3. The number of halogens is 3. The second-order valence-corrected chi connectivity index (χ2v) is 11.9. The number of hydrogen-bond donors (Lipinski definition) is 4. The number of aryl methyl sites for hydroxylation is 2. The number of carbonyl (C=O) groups excluding carboxylic acids is 1. The highest BCUT2D eigenvalue weighted by atomic mass is 32.2. The van der Waals surface area contributed by atoms with E-state index in [2.05, 4.69) is 11.4 Å². The van der Waals surface area contributed by atoms with E-state index in [-0.39, 0.29) is 31.1 Å². The highest BCUT2D eigenvalue weighted by Crippen LogP contribution is 2.37. The monoisotopic (exact) mass is 541 g/mol. The molecule has 1 saturated carbocycles. The van der Waals surface area contributed by atoms with Crippen LogP contribution in [0.3, 0.4) is 0 Å². The fraction of sp³-hybridized carbons (Fsp3) is 0.696. The Morgan fingerprint density at radius 1 is 1.23 bits per heavy atom. The first-order valence-electron chi connectivity index (χ1n) is 11.7. The maximum atomic E-state index is 12.3. The Hall–Kier alpha value is -1.47. The molecule has 0 unspecified atom stereocenters. The van der Waals surface area contributed by atoms with E-state index >= 15 is 0 Å². The first-order chi connectivity index (χ1) is 16.3. The zero-order valence-electron chi connectivity index (χ0n) is 19.6. The molecule has 1 aliphatic rings. The van der Waals surface area contributed by atoms with Gasteiger partial charge in [0.15, 0.2) is 0 Å². The van der Waals surface area contributed by atoms with Crippen LogP contribution in [0.1, 0.15) is 61.8 Å². The number of sulfonamides is 1. The van der Waals surface area contributed by atoms with Crippen LogP contribution in [0.15, 0.2) is 23.6 Å². The van der Waals surface area contributed by atoms with E-state index in [4.69, 9.17) is 0 Å². The van der Waals surface area contributed by atoms with Crippen LogP contribution in [0.2, 0.25) is 0 Å². The van der Waals surface area contributed by atoms with Crippen molar-refractivity contribution in [2.75, 3.05) is 0 Å². The average Bonchev–Trinajstić information content (AvgIpc) is 3.28. The quantitative estimate of drug-likeness (QED) is 0.224. The molecule has 7 nitrogen and oxygen atoms in total. The summed E-state index contributed by atoms with van der Waals surface area (Å²) in [6, 6.07) is 2.09. The summed E-state index contributed by atoms with van der Waals surface area (Å²) in [6.07, 6.45) is 5.26. The molecule has 0 saturated heterocycles. The molecular formula is C23H34F3NO6S2. The third-order valence-electron chi connectivity index (χ3n) is 6.23. The molecule has 1 aromatic heterocycles. The molecule has 1 aromatic rings. The van der Waals surface area contributed by atoms with Gasteiger partial charge in [-0.15, -0.1) is 11.3 Å². The van der Waals surface area contributed by atoms with Gasteiger partial charge >= 0.3 is 15.5 Å². The van der Waals surface area contributed by atoms with Gasteiger partial charge in [-0.3, -0.25) is 4.79 Å². The molecule has 12 heteroatoms. The van der Waals surface area contributed by atoms with Gasteiger partial charge in [0.2, 0.25) is 5.91 Å². The lowest BCUT2D eigenvalue weighted by Crippen LogP contribution is -2.40. The van der Waals surface area contributed by atoms with Crippen molar-refractivity contribution in [2.45, 2.75) is 88.5 Å². The van der Waals surface area contributed by atoms with Crippen molar-refractivity contribution in [1.82, 2.24) is 4.72 Å². The van der Waals surface area contributed by atoms with Crippen LogP contribution in [0.5, 0.6) is 0 Å². The fourth-order valence-corrected chi connectivity index (χ4v) is 5.61. The van der Waals surface area contributed by atoms with Gasteiger partial charge in [-0.05, 0) is 55.5 Å². The minimum atomic E-state index is -5.68. The lowest BCUT2D eigenvalue weighted by Gasteiger charge is -2.21. The molecule has 1 heterocycles. The van der Waals surface area contributed by atoms with Gasteiger partial charge in [-0.2, -0.15) is 21.6 Å². The number of thiophene rings is 1. The van der Waals surface area contributed by atoms with Crippen LogP contribution in [0.25, 0.3) is 0 Å². The van der Waals surface area contributed by atoms with Gasteiger partial charge in [-0.1, -0.05) is 31.4 Å². The molecule has 1 aliphatic carbocycles. The zero-order chi connectivity index (χ0) is 26.2. The van der Waals surface area contributed by atoms with Crippen molar-refractivity contribution in [3.05, 3.63) is 34.0 Å². The van der Waals surface area contributed by atoms with Crippen molar-refractivity contribution in [3.63, 3.8) is 0 Å². The molecule has 0 radical (unpaired) electrons. The predicted octanol–water partition coefficient (Wildman–Crippen LogP) is 3.57. The van der Waals surface area contributed by atoms with Gasteiger partial charge in [0.05, 0.1) is 18.3 Å². The summed E-state index contributed by atoms with van der Waals surface area (Å²) in [5, 5.41) is 33.0. The molecule has 0 aliphatic heterocycles. The third-order valence-corrected chi connectivity index (χ3v) is 8.25. The molecular weight excluding hydrogens is 507 g/mol. The summed E-state index contributed by atoms with van der Waals surface area (Å²) in [7, 11) is -5.68. The van der Waals surface area contributed by atoms with E-state index in [0.29, 0.717) is 32.1 Å². The largest absolute Gasteiger partial charge is 0.516 e. The number of alkyl halides is 3. The Morgan fingerprint density at radius 2 is 1.91 bits per heavy atom. The van der Waals surface area contributed by atoms with Crippen LogP contribution in [-0.4, -0.2) is 53.5 Å². The SMILES string of the molecule is Cc1cc(CC[C@H](O)/C=C/[C@@H]2[C@@H](CCCCCCC(=O)NS(=O)(=O)C(F)(F)F)[C@@H](O)C[C@H]2O)cs1. The Kier molecular flexibility index (Phi) is 11.2. The number of amides is 1. The zero-order valence-corrected chi connectivity index (χ0v) is 21.2. The molecule has 2 rings (SSSR count). The normalized spacial score (nSPS) is 24.2. The first-order valence-corrected chi connectivity index (χ1v) is 14.0. The summed E-state index contributed by atoms with van der Waals surface area (Å²) in [4.78, 5) is 12.7. The molecule has 0 spiro atoms. The summed E-state index contributed by atoms with van der Waals surface area (Å²) >= 11 is 1.66. The van der Waals surface area contributed by atoms with Crippen molar-refractivity contribution in [3.8, 4) is 0 Å². The number of nitrogens with one attached hydrogen (secondary N) is 1. The van der Waals surface area contributed by atoms with Gasteiger partial charge in [-0.25, -0.2) is 4.72 Å². The van der Waals surface area contributed by atoms with Crippen LogP contribution in [0.4, 0.5) is 13.2 Å². The van der Waals surface area contributed by atoms with Crippen LogP contribution >= 0.6 is 11.3 Å². The molecule has 200 valence electrons. The average molecular weight is 542 g/mol. The second kappa shape index (κ2) is 13.2. The second-order valence-electron chi connectivity index (χ2n) is 9.10. The van der Waals surface area contributed by atoms with Gasteiger partial charge < -0.3 is 15.3 Å². The smallest absolute Gasteiger partial charge is 0.393 e. The van der Waals surface area contributed by atoms with Crippen molar-refractivity contribution in [1.29, 1.82) is 0 Å². The summed E-state index contributed by atoms with van der Waals surface area (Å²) in [5.41, 5.74) is -4.35. The predicted molar refractivity (Wildman–Crippen MR) is 127 cm³/mol. The minimum absolute atomic E-state index is 0.187.